The Hall–Kier alpha value is -2.12. The molecule has 0 spiro atoms. The third-order valence-electron chi connectivity index (χ3n) is 4.66. The van der Waals surface area contributed by atoms with Gasteiger partial charge in [-0.3, -0.25) is 14.5 Å². The summed E-state index contributed by atoms with van der Waals surface area (Å²) < 4.78 is 0. The first-order valence-electron chi connectivity index (χ1n) is 8.62. The second kappa shape index (κ2) is 8.82. The topological polar surface area (TPSA) is 67.9 Å². The third-order valence-corrected chi connectivity index (χ3v) is 4.66. The summed E-state index contributed by atoms with van der Waals surface area (Å²) in [5, 5.41) is 5.12. The molecule has 1 aromatic carbocycles. The number of nitrogens with one attached hydrogen (secondary N) is 2. The summed E-state index contributed by atoms with van der Waals surface area (Å²) in [6.45, 7) is 4.28. The van der Waals surface area contributed by atoms with Crippen molar-refractivity contribution < 1.29 is 9.59 Å². The van der Waals surface area contributed by atoms with Crippen LogP contribution in [0.15, 0.2) is 24.3 Å². The molecule has 7 heteroatoms. The zero-order valence-corrected chi connectivity index (χ0v) is 15.6. The van der Waals surface area contributed by atoms with E-state index in [9.17, 15) is 9.59 Å². The Kier molecular flexibility index (Phi) is 6.78. The molecule has 1 heterocycles. The normalized spacial score (nSPS) is 17.0. The van der Waals surface area contributed by atoms with Crippen LogP contribution in [0.5, 0.6) is 0 Å². The Balaban J connectivity index is 2.13. The molecule has 1 saturated heterocycles. The van der Waals surface area contributed by atoms with Crippen molar-refractivity contribution in [3.8, 4) is 0 Å². The standard InChI is InChI=1S/C18H29N5O2/c1-19-17(24)18(25)20-13-16(23-11-9-22(4)10-12-23)14-5-7-15(8-6-14)21(2)3/h5-8,16H,9-13H2,1-4H3,(H,19,24)(H,20,25). The van der Waals surface area contributed by atoms with E-state index in [1.807, 2.05) is 14.1 Å². The first kappa shape index (κ1) is 19.2. The van der Waals surface area contributed by atoms with Crippen LogP contribution in [0.25, 0.3) is 0 Å². The summed E-state index contributed by atoms with van der Waals surface area (Å²) in [6, 6.07) is 8.42. The Bertz CT molecular complexity index is 580. The maximum atomic E-state index is 11.8. The van der Waals surface area contributed by atoms with Gasteiger partial charge in [-0.2, -0.15) is 0 Å². The highest BCUT2D eigenvalue weighted by atomic mass is 16.2. The molecule has 2 rings (SSSR count). The number of carbonyl (C=O) groups excluding carboxylic acids is 2. The maximum absolute atomic E-state index is 11.8. The van der Waals surface area contributed by atoms with E-state index in [0.717, 1.165) is 37.4 Å². The first-order chi connectivity index (χ1) is 11.9. The minimum Gasteiger partial charge on any atom is -0.378 e. The van der Waals surface area contributed by atoms with Crippen LogP contribution in [0, 0.1) is 0 Å². The van der Waals surface area contributed by atoms with Gasteiger partial charge in [-0.25, -0.2) is 0 Å². The van der Waals surface area contributed by atoms with Gasteiger partial charge in [0, 0.05) is 59.6 Å². The summed E-state index contributed by atoms with van der Waals surface area (Å²) in [7, 11) is 7.60. The Labute approximate surface area is 150 Å². The van der Waals surface area contributed by atoms with E-state index < -0.39 is 11.8 Å². The van der Waals surface area contributed by atoms with E-state index in [0.29, 0.717) is 6.54 Å². The SMILES string of the molecule is CNC(=O)C(=O)NCC(c1ccc(N(C)C)cc1)N1CCN(C)CC1. The van der Waals surface area contributed by atoms with Crippen molar-refractivity contribution in [1.29, 1.82) is 0 Å². The lowest BCUT2D eigenvalue weighted by Crippen LogP contribution is -2.49. The van der Waals surface area contributed by atoms with Crippen LogP contribution < -0.4 is 15.5 Å². The van der Waals surface area contributed by atoms with Gasteiger partial charge in [0.05, 0.1) is 6.04 Å². The molecule has 7 nitrogen and oxygen atoms in total. The molecule has 0 radical (unpaired) electrons. The molecule has 0 saturated carbocycles. The van der Waals surface area contributed by atoms with E-state index in [4.69, 9.17) is 0 Å². The zero-order chi connectivity index (χ0) is 18.4. The summed E-state index contributed by atoms with van der Waals surface area (Å²) in [5.74, 6) is -1.20. The fraction of sp³-hybridized carbons (Fsp3) is 0.556. The van der Waals surface area contributed by atoms with Crippen molar-refractivity contribution in [3.05, 3.63) is 29.8 Å². The molecule has 1 aliphatic rings. The van der Waals surface area contributed by atoms with Gasteiger partial charge in [-0.1, -0.05) is 12.1 Å². The monoisotopic (exact) mass is 347 g/mol. The van der Waals surface area contributed by atoms with Crippen LogP contribution in [0.1, 0.15) is 11.6 Å². The van der Waals surface area contributed by atoms with Gasteiger partial charge in [0.15, 0.2) is 0 Å². The molecular weight excluding hydrogens is 318 g/mol. The second-order valence-electron chi connectivity index (χ2n) is 6.63. The van der Waals surface area contributed by atoms with E-state index in [1.165, 1.54) is 7.05 Å². The number of hydrogen-bond acceptors (Lipinski definition) is 5. The van der Waals surface area contributed by atoms with Crippen molar-refractivity contribution >= 4 is 17.5 Å². The number of anilines is 1. The summed E-state index contributed by atoms with van der Waals surface area (Å²) >= 11 is 0. The van der Waals surface area contributed by atoms with Gasteiger partial charge in [-0.05, 0) is 24.7 Å². The van der Waals surface area contributed by atoms with E-state index in [2.05, 4.69) is 56.6 Å². The molecule has 138 valence electrons. The van der Waals surface area contributed by atoms with Crippen LogP contribution in [-0.2, 0) is 9.59 Å². The number of piperazine rings is 1. The predicted octanol–water partition coefficient (Wildman–Crippen LogP) is -0.0967. The molecule has 1 atom stereocenters. The third kappa shape index (κ3) is 5.17. The number of nitrogens with zero attached hydrogens (tertiary/aromatic N) is 3. The Morgan fingerprint density at radius 3 is 2.20 bits per heavy atom. The largest absolute Gasteiger partial charge is 0.378 e. The van der Waals surface area contributed by atoms with Crippen LogP contribution in [0.3, 0.4) is 0 Å². The minimum absolute atomic E-state index is 0.0542. The number of carbonyl (C=O) groups is 2. The van der Waals surface area contributed by atoms with Crippen molar-refractivity contribution in [2.24, 2.45) is 0 Å². The van der Waals surface area contributed by atoms with E-state index in [-0.39, 0.29) is 6.04 Å². The van der Waals surface area contributed by atoms with Crippen LogP contribution >= 0.6 is 0 Å². The number of benzene rings is 1. The van der Waals surface area contributed by atoms with Crippen LogP contribution in [0.2, 0.25) is 0 Å². The minimum atomic E-state index is -0.611. The molecule has 1 aromatic rings. The number of hydrogen-bond donors (Lipinski definition) is 2. The molecular formula is C18H29N5O2. The average molecular weight is 347 g/mol. The smallest absolute Gasteiger partial charge is 0.309 e. The predicted molar refractivity (Wildman–Crippen MR) is 99.7 cm³/mol. The molecule has 1 unspecified atom stereocenters. The fourth-order valence-corrected chi connectivity index (χ4v) is 2.97. The second-order valence-corrected chi connectivity index (χ2v) is 6.63. The maximum Gasteiger partial charge on any atom is 0.309 e. The Morgan fingerprint density at radius 1 is 1.08 bits per heavy atom. The van der Waals surface area contributed by atoms with Gasteiger partial charge in [0.1, 0.15) is 0 Å². The lowest BCUT2D eigenvalue weighted by Gasteiger charge is -2.38. The summed E-state index contributed by atoms with van der Waals surface area (Å²) in [4.78, 5) is 30.0. The zero-order valence-electron chi connectivity index (χ0n) is 15.6. The molecule has 2 amide bonds. The summed E-state index contributed by atoms with van der Waals surface area (Å²) in [6.07, 6.45) is 0. The number of likely N-dealkylation sites (N-methyl/N-ethyl adjacent to an activating group) is 2. The molecule has 0 aromatic heterocycles. The molecule has 25 heavy (non-hydrogen) atoms. The van der Waals surface area contributed by atoms with Crippen LogP contribution in [-0.4, -0.2) is 82.5 Å². The van der Waals surface area contributed by atoms with Gasteiger partial charge in [0.25, 0.3) is 0 Å². The molecule has 1 aliphatic heterocycles. The lowest BCUT2D eigenvalue weighted by atomic mass is 10.0. The highest BCUT2D eigenvalue weighted by Crippen LogP contribution is 2.24. The molecule has 0 bridgehead atoms. The highest BCUT2D eigenvalue weighted by molar-refractivity contribution is 6.35. The molecule has 2 N–H and O–H groups in total. The van der Waals surface area contributed by atoms with Gasteiger partial charge < -0.3 is 20.4 Å². The Morgan fingerprint density at radius 2 is 1.68 bits per heavy atom. The van der Waals surface area contributed by atoms with Crippen molar-refractivity contribution in [3.63, 3.8) is 0 Å². The van der Waals surface area contributed by atoms with Gasteiger partial charge >= 0.3 is 11.8 Å². The van der Waals surface area contributed by atoms with Crippen molar-refractivity contribution in [2.75, 3.05) is 65.8 Å². The molecule has 0 aliphatic carbocycles. The van der Waals surface area contributed by atoms with E-state index in [1.54, 1.807) is 0 Å². The van der Waals surface area contributed by atoms with Crippen molar-refractivity contribution in [2.45, 2.75) is 6.04 Å². The number of amides is 2. The molecule has 1 fully saturated rings. The highest BCUT2D eigenvalue weighted by Gasteiger charge is 2.25. The number of rotatable bonds is 5. The lowest BCUT2D eigenvalue weighted by molar-refractivity contribution is -0.139. The summed E-state index contributed by atoms with van der Waals surface area (Å²) in [5.41, 5.74) is 2.28. The van der Waals surface area contributed by atoms with Gasteiger partial charge in [0.2, 0.25) is 0 Å². The fourth-order valence-electron chi connectivity index (χ4n) is 2.97. The van der Waals surface area contributed by atoms with Crippen molar-refractivity contribution in [1.82, 2.24) is 20.4 Å². The average Bonchev–Trinajstić information content (AvgIpc) is 2.62. The first-order valence-corrected chi connectivity index (χ1v) is 8.62. The van der Waals surface area contributed by atoms with E-state index >= 15 is 0 Å². The van der Waals surface area contributed by atoms with Gasteiger partial charge in [-0.15, -0.1) is 0 Å². The van der Waals surface area contributed by atoms with Crippen LogP contribution in [0.4, 0.5) is 5.69 Å². The quantitative estimate of drug-likeness (QED) is 0.729.